The lowest BCUT2D eigenvalue weighted by Gasteiger charge is -2.48. The van der Waals surface area contributed by atoms with Crippen LogP contribution in [0.15, 0.2) is 48.5 Å². The van der Waals surface area contributed by atoms with Crippen LogP contribution in [0.4, 0.5) is 10.5 Å². The molecule has 2 aromatic carbocycles. The zero-order valence-corrected chi connectivity index (χ0v) is 13.4. The van der Waals surface area contributed by atoms with Gasteiger partial charge in [-0.3, -0.25) is 10.2 Å². The van der Waals surface area contributed by atoms with Gasteiger partial charge in [-0.1, -0.05) is 41.9 Å². The minimum atomic E-state index is -0.666. The number of halogens is 1. The fourth-order valence-electron chi connectivity index (χ4n) is 3.62. The smallest absolute Gasteiger partial charge is 0.307 e. The number of nitrogens with zero attached hydrogens (tertiary/aromatic N) is 1. The quantitative estimate of drug-likeness (QED) is 0.837. The highest BCUT2D eigenvalue weighted by Gasteiger charge is 2.48. The van der Waals surface area contributed by atoms with Gasteiger partial charge in [0.25, 0.3) is 0 Å². The average Bonchev–Trinajstić information content (AvgIpc) is 2.81. The monoisotopic (exact) mass is 327 g/mol. The van der Waals surface area contributed by atoms with E-state index in [1.165, 1.54) is 0 Å². The fraction of sp³-hybridized carbons (Fsp3) is 0.278. The van der Waals surface area contributed by atoms with Gasteiger partial charge in [-0.05, 0) is 43.1 Å². The lowest BCUT2D eigenvalue weighted by Crippen LogP contribution is -2.62. The number of amides is 2. The third kappa shape index (κ3) is 2.21. The third-order valence-electron chi connectivity index (χ3n) is 4.64. The minimum absolute atomic E-state index is 0.0712. The molecule has 2 heterocycles. The highest BCUT2D eigenvalue weighted by Crippen LogP contribution is 2.43. The topological polar surface area (TPSA) is 44.4 Å². The van der Waals surface area contributed by atoms with Gasteiger partial charge in [-0.15, -0.1) is 0 Å². The van der Waals surface area contributed by atoms with E-state index in [2.05, 4.69) is 22.8 Å². The van der Waals surface area contributed by atoms with Crippen LogP contribution in [0.25, 0.3) is 0 Å². The second-order valence-corrected chi connectivity index (χ2v) is 6.42. The second kappa shape index (κ2) is 5.55. The molecule has 2 aliphatic heterocycles. The minimum Gasteiger partial charge on any atom is -0.307 e. The van der Waals surface area contributed by atoms with Crippen molar-refractivity contribution < 1.29 is 4.79 Å². The molecule has 0 bridgehead atoms. The first kappa shape index (κ1) is 14.5. The Kier molecular flexibility index (Phi) is 3.51. The molecule has 0 radical (unpaired) electrons. The maximum absolute atomic E-state index is 12.7. The summed E-state index contributed by atoms with van der Waals surface area (Å²) in [6.45, 7) is 1.56. The molecular weight excluding hydrogens is 310 g/mol. The van der Waals surface area contributed by atoms with Crippen LogP contribution in [0.5, 0.6) is 0 Å². The number of benzene rings is 2. The van der Waals surface area contributed by atoms with E-state index in [1.54, 1.807) is 0 Å². The van der Waals surface area contributed by atoms with E-state index in [9.17, 15) is 4.79 Å². The molecule has 2 amide bonds. The fourth-order valence-corrected chi connectivity index (χ4v) is 3.79. The van der Waals surface area contributed by atoms with Crippen LogP contribution in [0.1, 0.15) is 24.0 Å². The van der Waals surface area contributed by atoms with Crippen molar-refractivity contribution in [3.05, 3.63) is 64.7 Å². The van der Waals surface area contributed by atoms with E-state index < -0.39 is 5.66 Å². The van der Waals surface area contributed by atoms with Gasteiger partial charge in [0.2, 0.25) is 0 Å². The van der Waals surface area contributed by atoms with Crippen LogP contribution in [0.3, 0.4) is 0 Å². The lowest BCUT2D eigenvalue weighted by molar-refractivity contribution is 0.128. The van der Waals surface area contributed by atoms with Crippen LogP contribution >= 0.6 is 11.6 Å². The average molecular weight is 328 g/mol. The van der Waals surface area contributed by atoms with E-state index in [0.717, 1.165) is 36.2 Å². The van der Waals surface area contributed by atoms with Crippen LogP contribution in [0.2, 0.25) is 5.02 Å². The molecule has 2 aliphatic rings. The van der Waals surface area contributed by atoms with Crippen molar-refractivity contribution in [2.45, 2.75) is 18.5 Å². The number of fused-ring (bicyclic) bond motifs is 3. The summed E-state index contributed by atoms with van der Waals surface area (Å²) in [7, 11) is 0. The molecule has 118 valence electrons. The van der Waals surface area contributed by atoms with E-state index in [4.69, 9.17) is 11.6 Å². The summed E-state index contributed by atoms with van der Waals surface area (Å²) in [5.41, 5.74) is 2.20. The van der Waals surface area contributed by atoms with Gasteiger partial charge >= 0.3 is 6.03 Å². The lowest BCUT2D eigenvalue weighted by atomic mass is 9.86. The third-order valence-corrected chi connectivity index (χ3v) is 4.88. The molecule has 0 spiro atoms. The number of carbonyl (C=O) groups is 1. The Morgan fingerprint density at radius 2 is 1.91 bits per heavy atom. The standard InChI is InChI=1S/C18H18ClN3O/c19-14-8-9-16-15(12-14)18(13-6-2-1-3-7-13)20-10-4-5-11-22(18)17(23)21-16/h1-3,6-9,12,20H,4-5,10-11H2,(H,21,23). The largest absolute Gasteiger partial charge is 0.323 e. The summed E-state index contributed by atoms with van der Waals surface area (Å²) in [5.74, 6) is 0. The van der Waals surface area contributed by atoms with Gasteiger partial charge < -0.3 is 5.32 Å². The SMILES string of the molecule is O=C1Nc2ccc(Cl)cc2C2(c3ccccc3)NCCCCN12. The van der Waals surface area contributed by atoms with Crippen molar-refractivity contribution in [3.8, 4) is 0 Å². The van der Waals surface area contributed by atoms with Crippen LogP contribution < -0.4 is 10.6 Å². The van der Waals surface area contributed by atoms with Gasteiger partial charge in [0.1, 0.15) is 5.66 Å². The predicted octanol–water partition coefficient (Wildman–Crippen LogP) is 3.77. The Balaban J connectivity index is 2.02. The van der Waals surface area contributed by atoms with Gasteiger partial charge in [0.05, 0.1) is 0 Å². The number of hydrogen-bond acceptors (Lipinski definition) is 2. The Morgan fingerprint density at radius 1 is 1.09 bits per heavy atom. The highest BCUT2D eigenvalue weighted by atomic mass is 35.5. The summed E-state index contributed by atoms with van der Waals surface area (Å²) < 4.78 is 0. The molecule has 1 unspecified atom stereocenters. The number of rotatable bonds is 1. The predicted molar refractivity (Wildman–Crippen MR) is 91.6 cm³/mol. The Bertz CT molecular complexity index is 749. The summed E-state index contributed by atoms with van der Waals surface area (Å²) >= 11 is 6.28. The molecule has 1 atom stereocenters. The number of anilines is 1. The first-order chi connectivity index (χ1) is 11.2. The van der Waals surface area contributed by atoms with Crippen molar-refractivity contribution in [2.24, 2.45) is 0 Å². The molecule has 2 N–H and O–H groups in total. The van der Waals surface area contributed by atoms with Crippen molar-refractivity contribution in [3.63, 3.8) is 0 Å². The summed E-state index contributed by atoms with van der Waals surface area (Å²) in [4.78, 5) is 14.6. The van der Waals surface area contributed by atoms with E-state index in [1.807, 2.05) is 41.3 Å². The van der Waals surface area contributed by atoms with Gasteiger partial charge in [0, 0.05) is 22.8 Å². The van der Waals surface area contributed by atoms with Gasteiger partial charge in [-0.2, -0.15) is 0 Å². The zero-order valence-electron chi connectivity index (χ0n) is 12.7. The maximum Gasteiger partial charge on any atom is 0.323 e. The Labute approximate surface area is 140 Å². The molecule has 4 rings (SSSR count). The van der Waals surface area contributed by atoms with Gasteiger partial charge in [0.15, 0.2) is 0 Å². The molecule has 1 saturated heterocycles. The maximum atomic E-state index is 12.7. The van der Waals surface area contributed by atoms with Crippen LogP contribution in [-0.4, -0.2) is 24.0 Å². The van der Waals surface area contributed by atoms with E-state index in [0.29, 0.717) is 11.6 Å². The zero-order chi connectivity index (χ0) is 15.9. The molecule has 0 aliphatic carbocycles. The summed E-state index contributed by atoms with van der Waals surface area (Å²) in [5, 5.41) is 7.30. The molecule has 2 aromatic rings. The molecule has 5 heteroatoms. The number of urea groups is 1. The number of hydrogen-bond donors (Lipinski definition) is 2. The van der Waals surface area contributed by atoms with Gasteiger partial charge in [-0.25, -0.2) is 4.79 Å². The molecule has 0 aromatic heterocycles. The molecule has 4 nitrogen and oxygen atoms in total. The Hall–Kier alpha value is -2.04. The van der Waals surface area contributed by atoms with Crippen LogP contribution in [-0.2, 0) is 5.66 Å². The Morgan fingerprint density at radius 3 is 2.74 bits per heavy atom. The molecule has 0 saturated carbocycles. The molecule has 23 heavy (non-hydrogen) atoms. The van der Waals surface area contributed by atoms with Crippen LogP contribution in [0, 0.1) is 0 Å². The first-order valence-electron chi connectivity index (χ1n) is 7.91. The molecular formula is C18H18ClN3O. The highest BCUT2D eigenvalue weighted by molar-refractivity contribution is 6.30. The number of nitrogens with one attached hydrogen (secondary N) is 2. The van der Waals surface area contributed by atoms with Crippen molar-refractivity contribution in [1.82, 2.24) is 10.2 Å². The second-order valence-electron chi connectivity index (χ2n) is 5.98. The summed E-state index contributed by atoms with van der Waals surface area (Å²) in [6, 6.07) is 15.7. The summed E-state index contributed by atoms with van der Waals surface area (Å²) in [6.07, 6.45) is 2.01. The van der Waals surface area contributed by atoms with Crippen molar-refractivity contribution >= 4 is 23.3 Å². The van der Waals surface area contributed by atoms with Crippen molar-refractivity contribution in [1.29, 1.82) is 0 Å². The van der Waals surface area contributed by atoms with Crippen molar-refractivity contribution in [2.75, 3.05) is 18.4 Å². The molecule has 1 fully saturated rings. The van der Waals surface area contributed by atoms with E-state index in [-0.39, 0.29) is 6.03 Å². The normalized spacial score (nSPS) is 23.5. The first-order valence-corrected chi connectivity index (χ1v) is 8.29. The number of carbonyl (C=O) groups excluding carboxylic acids is 1. The van der Waals surface area contributed by atoms with E-state index >= 15 is 0 Å².